The summed E-state index contributed by atoms with van der Waals surface area (Å²) in [6, 6.07) is 1.43. The third kappa shape index (κ3) is 3.47. The SMILES string of the molecule is COC(=O)c1sccc1S(=O)(=O)N1CCc2nc(NC(=O)C3CCC3)sc2C1. The van der Waals surface area contributed by atoms with Crippen LogP contribution in [0.2, 0.25) is 0 Å². The summed E-state index contributed by atoms with van der Waals surface area (Å²) < 4.78 is 32.2. The summed E-state index contributed by atoms with van der Waals surface area (Å²) in [5.41, 5.74) is 0.818. The lowest BCUT2D eigenvalue weighted by Gasteiger charge is -2.25. The van der Waals surface area contributed by atoms with Crippen LogP contribution in [0.25, 0.3) is 0 Å². The van der Waals surface area contributed by atoms with Crippen LogP contribution in [-0.2, 0) is 32.5 Å². The number of aromatic nitrogens is 1. The number of rotatable bonds is 5. The van der Waals surface area contributed by atoms with Crippen LogP contribution in [0.3, 0.4) is 0 Å². The molecule has 1 amide bonds. The summed E-state index contributed by atoms with van der Waals surface area (Å²) in [6.45, 7) is 0.441. The summed E-state index contributed by atoms with van der Waals surface area (Å²) in [4.78, 5) is 29.3. The molecule has 8 nitrogen and oxygen atoms in total. The van der Waals surface area contributed by atoms with Gasteiger partial charge in [0, 0.05) is 23.8 Å². The lowest BCUT2D eigenvalue weighted by atomic mass is 9.85. The topological polar surface area (TPSA) is 106 Å². The third-order valence-electron chi connectivity index (χ3n) is 5.02. The van der Waals surface area contributed by atoms with Crippen LogP contribution >= 0.6 is 22.7 Å². The van der Waals surface area contributed by atoms with Crippen molar-refractivity contribution in [1.29, 1.82) is 0 Å². The van der Waals surface area contributed by atoms with Gasteiger partial charge >= 0.3 is 5.97 Å². The molecule has 0 spiro atoms. The Morgan fingerprint density at radius 3 is 2.82 bits per heavy atom. The van der Waals surface area contributed by atoms with Gasteiger partial charge in [-0.2, -0.15) is 4.31 Å². The molecule has 0 aromatic carbocycles. The fourth-order valence-electron chi connectivity index (χ4n) is 3.19. The van der Waals surface area contributed by atoms with Crippen LogP contribution in [0.15, 0.2) is 16.3 Å². The van der Waals surface area contributed by atoms with Gasteiger partial charge in [0.15, 0.2) is 5.13 Å². The molecule has 0 radical (unpaired) electrons. The first-order chi connectivity index (χ1) is 13.4. The quantitative estimate of drug-likeness (QED) is 0.715. The monoisotopic (exact) mass is 441 g/mol. The van der Waals surface area contributed by atoms with Gasteiger partial charge in [-0.3, -0.25) is 4.79 Å². The van der Waals surface area contributed by atoms with Gasteiger partial charge in [0.2, 0.25) is 15.9 Å². The van der Waals surface area contributed by atoms with Gasteiger partial charge in [-0.25, -0.2) is 18.2 Å². The number of ether oxygens (including phenoxy) is 1. The molecule has 3 heterocycles. The summed E-state index contributed by atoms with van der Waals surface area (Å²) in [7, 11) is -2.61. The van der Waals surface area contributed by atoms with E-state index in [0.29, 0.717) is 11.6 Å². The number of anilines is 1. The zero-order valence-corrected chi connectivity index (χ0v) is 17.6. The van der Waals surface area contributed by atoms with Crippen molar-refractivity contribution in [2.75, 3.05) is 19.0 Å². The molecule has 0 saturated heterocycles. The van der Waals surface area contributed by atoms with Crippen molar-refractivity contribution >= 4 is 49.7 Å². The van der Waals surface area contributed by atoms with Gasteiger partial charge in [0.05, 0.1) is 19.3 Å². The maximum Gasteiger partial charge on any atom is 0.349 e. The largest absolute Gasteiger partial charge is 0.465 e. The minimum absolute atomic E-state index is 0.0113. The number of thiazole rings is 1. The molecule has 28 heavy (non-hydrogen) atoms. The van der Waals surface area contributed by atoms with Gasteiger partial charge in [-0.15, -0.1) is 22.7 Å². The normalized spacial score (nSPS) is 17.6. The number of sulfonamides is 1. The number of thiophene rings is 1. The maximum absolute atomic E-state index is 13.1. The molecule has 0 atom stereocenters. The summed E-state index contributed by atoms with van der Waals surface area (Å²) in [6.07, 6.45) is 3.36. The Labute approximate surface area is 170 Å². The number of nitrogens with one attached hydrogen (secondary N) is 1. The fraction of sp³-hybridized carbons (Fsp3) is 0.471. The number of hydrogen-bond donors (Lipinski definition) is 1. The molecule has 0 bridgehead atoms. The number of esters is 1. The molecular formula is C17H19N3O5S3. The highest BCUT2D eigenvalue weighted by atomic mass is 32.2. The Bertz CT molecular complexity index is 1020. The highest BCUT2D eigenvalue weighted by Crippen LogP contribution is 2.34. The lowest BCUT2D eigenvalue weighted by Crippen LogP contribution is -2.36. The van der Waals surface area contributed by atoms with E-state index in [0.717, 1.165) is 41.2 Å². The molecule has 1 fully saturated rings. The van der Waals surface area contributed by atoms with Crippen LogP contribution in [0, 0.1) is 5.92 Å². The van der Waals surface area contributed by atoms with Crippen LogP contribution in [0.1, 0.15) is 39.5 Å². The van der Waals surface area contributed by atoms with Gasteiger partial charge in [0.25, 0.3) is 0 Å². The zero-order chi connectivity index (χ0) is 19.9. The first-order valence-electron chi connectivity index (χ1n) is 8.85. The number of nitrogens with zero attached hydrogens (tertiary/aromatic N) is 2. The van der Waals surface area contributed by atoms with Crippen molar-refractivity contribution in [3.8, 4) is 0 Å². The van der Waals surface area contributed by atoms with Crippen molar-refractivity contribution in [1.82, 2.24) is 9.29 Å². The minimum Gasteiger partial charge on any atom is -0.465 e. The second-order valence-electron chi connectivity index (χ2n) is 6.70. The number of methoxy groups -OCH3 is 1. The van der Waals surface area contributed by atoms with E-state index < -0.39 is 16.0 Å². The Kier molecular flexibility index (Phi) is 5.25. The molecule has 0 unspecified atom stereocenters. The highest BCUT2D eigenvalue weighted by molar-refractivity contribution is 7.89. The predicted octanol–water partition coefficient (Wildman–Crippen LogP) is 2.48. The van der Waals surface area contributed by atoms with Crippen molar-refractivity contribution < 1.29 is 22.7 Å². The highest BCUT2D eigenvalue weighted by Gasteiger charge is 2.34. The van der Waals surface area contributed by atoms with E-state index in [9.17, 15) is 18.0 Å². The van der Waals surface area contributed by atoms with E-state index in [2.05, 4.69) is 15.0 Å². The van der Waals surface area contributed by atoms with E-state index >= 15 is 0 Å². The Balaban J connectivity index is 1.53. The molecule has 2 aromatic heterocycles. The summed E-state index contributed by atoms with van der Waals surface area (Å²) >= 11 is 2.35. The minimum atomic E-state index is -3.83. The smallest absolute Gasteiger partial charge is 0.349 e. The van der Waals surface area contributed by atoms with E-state index in [1.54, 1.807) is 5.38 Å². The fourth-order valence-corrected chi connectivity index (χ4v) is 7.02. The average Bonchev–Trinajstić information content (AvgIpc) is 3.25. The Morgan fingerprint density at radius 1 is 1.36 bits per heavy atom. The average molecular weight is 442 g/mol. The van der Waals surface area contributed by atoms with Gasteiger partial charge < -0.3 is 10.1 Å². The molecule has 2 aromatic rings. The van der Waals surface area contributed by atoms with E-state index in [-0.39, 0.29) is 34.7 Å². The van der Waals surface area contributed by atoms with Crippen molar-refractivity contribution in [2.24, 2.45) is 5.92 Å². The van der Waals surface area contributed by atoms with Crippen LogP contribution in [0.5, 0.6) is 0 Å². The molecule has 1 aliphatic carbocycles. The van der Waals surface area contributed by atoms with Gasteiger partial charge in [-0.05, 0) is 24.3 Å². The number of amides is 1. The summed E-state index contributed by atoms with van der Waals surface area (Å²) in [5.74, 6) is -0.610. The number of fused-ring (bicyclic) bond motifs is 1. The Morgan fingerprint density at radius 2 is 2.14 bits per heavy atom. The van der Waals surface area contributed by atoms with Crippen molar-refractivity contribution in [3.63, 3.8) is 0 Å². The summed E-state index contributed by atoms with van der Waals surface area (Å²) in [5, 5.41) is 4.94. The van der Waals surface area contributed by atoms with E-state index in [1.165, 1.54) is 28.8 Å². The second kappa shape index (κ2) is 7.54. The molecule has 1 aliphatic heterocycles. The van der Waals surface area contributed by atoms with Crippen LogP contribution < -0.4 is 5.32 Å². The van der Waals surface area contributed by atoms with E-state index in [1.807, 2.05) is 0 Å². The molecule has 1 N–H and O–H groups in total. The first kappa shape index (κ1) is 19.5. The number of carbonyl (C=O) groups excluding carboxylic acids is 2. The molecule has 1 saturated carbocycles. The number of hydrogen-bond acceptors (Lipinski definition) is 8. The molecular weight excluding hydrogens is 422 g/mol. The van der Waals surface area contributed by atoms with E-state index in [4.69, 9.17) is 0 Å². The van der Waals surface area contributed by atoms with Crippen molar-refractivity contribution in [3.05, 3.63) is 26.9 Å². The van der Waals surface area contributed by atoms with Crippen LogP contribution in [0.4, 0.5) is 5.13 Å². The van der Waals surface area contributed by atoms with Gasteiger partial charge in [0.1, 0.15) is 9.77 Å². The third-order valence-corrected chi connectivity index (χ3v) is 8.93. The predicted molar refractivity (Wildman–Crippen MR) is 105 cm³/mol. The lowest BCUT2D eigenvalue weighted by molar-refractivity contribution is -0.122. The standard InChI is InChI=1S/C17H19N3O5S3/c1-25-16(22)14-13(6-8-26-14)28(23,24)20-7-5-11-12(9-20)27-17(18-11)19-15(21)10-3-2-4-10/h6,8,10H,2-5,7,9H2,1H3,(H,18,19,21). The zero-order valence-electron chi connectivity index (χ0n) is 15.1. The molecule has 11 heteroatoms. The molecule has 4 rings (SSSR count). The van der Waals surface area contributed by atoms with Gasteiger partial charge in [-0.1, -0.05) is 6.42 Å². The second-order valence-corrected chi connectivity index (χ2v) is 10.6. The molecule has 150 valence electrons. The Hall–Kier alpha value is -1.82. The van der Waals surface area contributed by atoms with Crippen LogP contribution in [-0.4, -0.2) is 43.2 Å². The number of carbonyl (C=O) groups is 2. The first-order valence-corrected chi connectivity index (χ1v) is 12.0. The maximum atomic E-state index is 13.1. The van der Waals surface area contributed by atoms with Crippen molar-refractivity contribution in [2.45, 2.75) is 37.1 Å². The molecule has 2 aliphatic rings.